The Morgan fingerprint density at radius 2 is 1.77 bits per heavy atom. The Kier molecular flexibility index (Phi) is 9.45. The monoisotopic (exact) mass is 620 g/mol. The Morgan fingerprint density at radius 3 is 2.48 bits per heavy atom. The number of hydrogen-bond acceptors (Lipinski definition) is 7. The number of nitrogens with one attached hydrogen (secondary N) is 1. The van der Waals surface area contributed by atoms with Crippen LogP contribution in [0.2, 0.25) is 0 Å². The average molecular weight is 621 g/mol. The summed E-state index contributed by atoms with van der Waals surface area (Å²) < 4.78 is 48.3. The van der Waals surface area contributed by atoms with Gasteiger partial charge in [0.15, 0.2) is 6.79 Å². The van der Waals surface area contributed by atoms with Gasteiger partial charge in [-0.25, -0.2) is 8.42 Å². The number of carbonyl (C=O) groups excluding carboxylic acids is 1. The van der Waals surface area contributed by atoms with Crippen molar-refractivity contribution in [2.24, 2.45) is 0 Å². The number of amides is 1. The van der Waals surface area contributed by atoms with Gasteiger partial charge in [0, 0.05) is 24.9 Å². The molecule has 3 aromatic rings. The molecule has 3 aromatic carbocycles. The van der Waals surface area contributed by atoms with Crippen molar-refractivity contribution < 1.29 is 32.2 Å². The molecule has 0 spiro atoms. The normalized spacial score (nSPS) is 15.2. The number of fused-ring (bicyclic) bond motifs is 1. The van der Waals surface area contributed by atoms with Gasteiger partial charge in [-0.3, -0.25) is 9.52 Å². The zero-order valence-corrected chi connectivity index (χ0v) is 26.8. The van der Waals surface area contributed by atoms with E-state index >= 15 is 0 Å². The van der Waals surface area contributed by atoms with Crippen molar-refractivity contribution in [1.82, 2.24) is 0 Å². The molecule has 0 radical (unpaired) electrons. The van der Waals surface area contributed by atoms with Crippen LogP contribution >= 0.6 is 0 Å². The number of methoxy groups -OCH3 is 1. The van der Waals surface area contributed by atoms with E-state index in [9.17, 15) is 13.2 Å². The van der Waals surface area contributed by atoms with Crippen LogP contribution in [-0.4, -0.2) is 67.5 Å². The number of anilines is 2. The van der Waals surface area contributed by atoms with Crippen molar-refractivity contribution in [3.8, 4) is 16.9 Å². The molecule has 0 aliphatic carbocycles. The molecule has 44 heavy (non-hydrogen) atoms. The Bertz CT molecular complexity index is 1680. The standard InChI is InChI=1S/C34H40N2O7S/c1-34(2,3)26-7-10-28(30(19-26)25-13-15-41-21-25)23-6-9-29-24(18-23)12-14-36(33(29)37)27-8-11-32(43-22-42-17-16-40-4)31(20-27)35-44(5,38)39/h6-11,13,18-20,35H,12,14-17,21-22H2,1-5H3. The van der Waals surface area contributed by atoms with Crippen LogP contribution in [0.25, 0.3) is 16.7 Å². The summed E-state index contributed by atoms with van der Waals surface area (Å²) in [6.45, 7) is 8.94. The van der Waals surface area contributed by atoms with Crippen molar-refractivity contribution in [3.63, 3.8) is 0 Å². The minimum Gasteiger partial charge on any atom is -0.465 e. The maximum atomic E-state index is 13.7. The minimum absolute atomic E-state index is 0.0118. The topological polar surface area (TPSA) is 103 Å². The fourth-order valence-corrected chi connectivity index (χ4v) is 5.96. The Labute approximate surface area is 259 Å². The molecule has 0 bridgehead atoms. The van der Waals surface area contributed by atoms with Crippen LogP contribution in [0.1, 0.15) is 47.8 Å². The highest BCUT2D eigenvalue weighted by atomic mass is 32.2. The first-order chi connectivity index (χ1) is 20.9. The number of carbonyl (C=O) groups is 1. The van der Waals surface area contributed by atoms with E-state index in [2.05, 4.69) is 55.8 Å². The molecule has 0 saturated heterocycles. The average Bonchev–Trinajstić information content (AvgIpc) is 3.51. The Hall–Kier alpha value is -3.70. The van der Waals surface area contributed by atoms with Gasteiger partial charge >= 0.3 is 0 Å². The largest absolute Gasteiger partial charge is 0.465 e. The molecular weight excluding hydrogens is 580 g/mol. The smallest absolute Gasteiger partial charge is 0.258 e. The quantitative estimate of drug-likeness (QED) is 0.219. The lowest BCUT2D eigenvalue weighted by Crippen LogP contribution is -2.37. The fourth-order valence-electron chi connectivity index (χ4n) is 5.40. The molecule has 0 atom stereocenters. The van der Waals surface area contributed by atoms with Gasteiger partial charge in [-0.2, -0.15) is 0 Å². The summed E-state index contributed by atoms with van der Waals surface area (Å²) in [6, 6.07) is 17.6. The van der Waals surface area contributed by atoms with Gasteiger partial charge in [0.25, 0.3) is 5.91 Å². The maximum absolute atomic E-state index is 13.7. The third-order valence-electron chi connectivity index (χ3n) is 7.73. The second-order valence-corrected chi connectivity index (χ2v) is 13.8. The van der Waals surface area contributed by atoms with Gasteiger partial charge < -0.3 is 23.8 Å². The molecule has 0 fully saturated rings. The second-order valence-electron chi connectivity index (χ2n) is 12.1. The summed E-state index contributed by atoms with van der Waals surface area (Å²) in [7, 11) is -2.03. The SMILES string of the molecule is COCCOCOc1ccc(N2CCc3cc(-c4ccc(C(C)(C)C)cc4C4=CCOC4)ccc3C2=O)cc1NS(C)(=O)=O. The molecule has 9 nitrogen and oxygen atoms in total. The lowest BCUT2D eigenvalue weighted by molar-refractivity contribution is -0.00814. The predicted octanol–water partition coefficient (Wildman–Crippen LogP) is 5.64. The van der Waals surface area contributed by atoms with Crippen LogP contribution in [-0.2, 0) is 36.1 Å². The van der Waals surface area contributed by atoms with Gasteiger partial charge in [-0.05, 0) is 69.5 Å². The van der Waals surface area contributed by atoms with E-state index in [1.54, 1.807) is 30.2 Å². The first-order valence-corrected chi connectivity index (χ1v) is 16.5. The van der Waals surface area contributed by atoms with Crippen molar-refractivity contribution in [2.45, 2.75) is 32.6 Å². The highest BCUT2D eigenvalue weighted by Gasteiger charge is 2.28. The summed E-state index contributed by atoms with van der Waals surface area (Å²) in [4.78, 5) is 15.4. The molecule has 5 rings (SSSR count). The fraction of sp³-hybridized carbons (Fsp3) is 0.382. The lowest BCUT2D eigenvalue weighted by atomic mass is 9.82. The molecule has 2 aliphatic heterocycles. The van der Waals surface area contributed by atoms with Crippen LogP contribution in [0.15, 0.2) is 60.7 Å². The Morgan fingerprint density at radius 1 is 0.977 bits per heavy atom. The van der Waals surface area contributed by atoms with E-state index in [4.69, 9.17) is 18.9 Å². The summed E-state index contributed by atoms with van der Waals surface area (Å²) in [5, 5.41) is 0. The van der Waals surface area contributed by atoms with Crippen molar-refractivity contribution in [1.29, 1.82) is 0 Å². The molecule has 2 heterocycles. The van der Waals surface area contributed by atoms with E-state index in [1.165, 1.54) is 11.1 Å². The molecule has 234 valence electrons. The second kappa shape index (κ2) is 13.1. The minimum atomic E-state index is -3.61. The van der Waals surface area contributed by atoms with Gasteiger partial charge in [-0.1, -0.05) is 57.2 Å². The predicted molar refractivity (Wildman–Crippen MR) is 173 cm³/mol. The van der Waals surface area contributed by atoms with Crippen LogP contribution < -0.4 is 14.4 Å². The molecule has 1 N–H and O–H groups in total. The third-order valence-corrected chi connectivity index (χ3v) is 8.32. The number of hydrogen-bond donors (Lipinski definition) is 1. The molecule has 1 amide bonds. The Balaban J connectivity index is 1.42. The molecule has 0 aromatic heterocycles. The van der Waals surface area contributed by atoms with E-state index in [-0.39, 0.29) is 23.8 Å². The first kappa shape index (κ1) is 31.7. The highest BCUT2D eigenvalue weighted by molar-refractivity contribution is 7.92. The molecular formula is C34H40N2O7S. The first-order valence-electron chi connectivity index (χ1n) is 14.6. The van der Waals surface area contributed by atoms with Gasteiger partial charge in [0.05, 0.1) is 38.4 Å². The molecule has 10 heteroatoms. The van der Waals surface area contributed by atoms with Gasteiger partial charge in [0.2, 0.25) is 10.0 Å². The summed E-state index contributed by atoms with van der Waals surface area (Å²) >= 11 is 0. The zero-order chi connectivity index (χ0) is 31.5. The van der Waals surface area contributed by atoms with E-state index in [0.717, 1.165) is 28.5 Å². The number of benzene rings is 3. The van der Waals surface area contributed by atoms with Crippen LogP contribution in [0.3, 0.4) is 0 Å². The van der Waals surface area contributed by atoms with Crippen LogP contribution in [0.4, 0.5) is 11.4 Å². The van der Waals surface area contributed by atoms with Crippen LogP contribution in [0.5, 0.6) is 5.75 Å². The zero-order valence-electron chi connectivity index (χ0n) is 25.9. The highest BCUT2D eigenvalue weighted by Crippen LogP contribution is 2.37. The molecule has 0 saturated carbocycles. The number of sulfonamides is 1. The number of nitrogens with zero attached hydrogens (tertiary/aromatic N) is 1. The summed E-state index contributed by atoms with van der Waals surface area (Å²) in [5.41, 5.74) is 8.19. The van der Waals surface area contributed by atoms with Crippen LogP contribution in [0, 0.1) is 0 Å². The number of ether oxygens (including phenoxy) is 4. The lowest BCUT2D eigenvalue weighted by Gasteiger charge is -2.30. The van der Waals surface area contributed by atoms with Crippen molar-refractivity contribution in [2.75, 3.05) is 62.8 Å². The van der Waals surface area contributed by atoms with E-state index in [0.29, 0.717) is 56.4 Å². The summed E-state index contributed by atoms with van der Waals surface area (Å²) in [6.07, 6.45) is 3.86. The van der Waals surface area contributed by atoms with Crippen molar-refractivity contribution >= 4 is 32.9 Å². The molecule has 0 unspecified atom stereocenters. The van der Waals surface area contributed by atoms with Gasteiger partial charge in [-0.15, -0.1) is 0 Å². The van der Waals surface area contributed by atoms with E-state index in [1.807, 2.05) is 12.1 Å². The number of rotatable bonds is 11. The third kappa shape index (κ3) is 7.32. The summed E-state index contributed by atoms with van der Waals surface area (Å²) in [5.74, 6) is 0.150. The van der Waals surface area contributed by atoms with Crippen molar-refractivity contribution in [3.05, 3.63) is 82.9 Å². The van der Waals surface area contributed by atoms with Gasteiger partial charge in [0.1, 0.15) is 5.75 Å². The van der Waals surface area contributed by atoms with E-state index < -0.39 is 10.0 Å². The molecule has 2 aliphatic rings. The maximum Gasteiger partial charge on any atom is 0.258 e.